The van der Waals surface area contributed by atoms with Crippen molar-refractivity contribution < 1.29 is 19.0 Å². The van der Waals surface area contributed by atoms with Crippen molar-refractivity contribution in [1.82, 2.24) is 0 Å². The second-order valence-electron chi connectivity index (χ2n) is 4.72. The molecule has 5 heteroatoms. The molecule has 4 nitrogen and oxygen atoms in total. The van der Waals surface area contributed by atoms with Crippen molar-refractivity contribution in [1.29, 1.82) is 0 Å². The number of rotatable bonds is 4. The van der Waals surface area contributed by atoms with Gasteiger partial charge in [0, 0.05) is 0 Å². The Morgan fingerprint density at radius 3 is 2.58 bits per heavy atom. The summed E-state index contributed by atoms with van der Waals surface area (Å²) in [6.45, 7) is 8.70. The zero-order chi connectivity index (χ0) is 14.5. The number of alkyl halides is 1. The number of carbonyl (C=O) groups excluding carboxylic acids is 1. The van der Waals surface area contributed by atoms with Crippen molar-refractivity contribution in [3.05, 3.63) is 42.7 Å². The van der Waals surface area contributed by atoms with Gasteiger partial charge in [-0.15, -0.1) is 0 Å². The van der Waals surface area contributed by atoms with E-state index in [2.05, 4.69) is 6.58 Å². The van der Waals surface area contributed by atoms with Crippen LogP contribution in [0.5, 0.6) is 5.75 Å². The van der Waals surface area contributed by atoms with E-state index in [9.17, 15) is 4.79 Å². The summed E-state index contributed by atoms with van der Waals surface area (Å²) in [6, 6.07) is 6.93. The van der Waals surface area contributed by atoms with E-state index in [4.69, 9.17) is 25.8 Å². The van der Waals surface area contributed by atoms with Crippen LogP contribution in [-0.2, 0) is 9.47 Å². The van der Waals surface area contributed by atoms with Gasteiger partial charge in [0.05, 0.1) is 11.8 Å². The fourth-order valence-corrected chi connectivity index (χ4v) is 1.54. The van der Waals surface area contributed by atoms with Gasteiger partial charge >= 0.3 is 6.16 Å². The highest BCUT2D eigenvalue weighted by Crippen LogP contribution is 2.31. The molecule has 0 spiro atoms. The molecule has 0 aromatic heterocycles. The third-order valence-corrected chi connectivity index (χ3v) is 2.29. The first kappa shape index (κ1) is 15.4. The average Bonchev–Trinajstić information content (AvgIpc) is 2.27. The maximum Gasteiger partial charge on any atom is 0.510 e. The van der Waals surface area contributed by atoms with Crippen LogP contribution in [0.4, 0.5) is 4.79 Å². The van der Waals surface area contributed by atoms with Crippen LogP contribution in [0.15, 0.2) is 37.1 Å². The summed E-state index contributed by atoms with van der Waals surface area (Å²) in [6.07, 6.45) is 0.441. The molecular weight excluding hydrogens is 268 g/mol. The summed E-state index contributed by atoms with van der Waals surface area (Å²) < 4.78 is 15.2. The van der Waals surface area contributed by atoms with Crippen molar-refractivity contribution in [2.75, 3.05) is 0 Å². The van der Waals surface area contributed by atoms with Crippen molar-refractivity contribution in [2.24, 2.45) is 0 Å². The van der Waals surface area contributed by atoms with Gasteiger partial charge in [-0.3, -0.25) is 0 Å². The second kappa shape index (κ2) is 6.48. The van der Waals surface area contributed by atoms with Crippen LogP contribution in [0.3, 0.4) is 0 Å². The van der Waals surface area contributed by atoms with Crippen molar-refractivity contribution >= 4 is 17.8 Å². The third kappa shape index (κ3) is 5.22. The molecule has 1 atom stereocenters. The van der Waals surface area contributed by atoms with E-state index in [0.29, 0.717) is 11.3 Å². The number of benzene rings is 1. The molecule has 0 aliphatic rings. The number of halogens is 1. The van der Waals surface area contributed by atoms with Gasteiger partial charge in [-0.1, -0.05) is 36.4 Å². The number of ether oxygens (including phenoxy) is 3. The van der Waals surface area contributed by atoms with E-state index < -0.39 is 17.3 Å². The monoisotopic (exact) mass is 284 g/mol. The van der Waals surface area contributed by atoms with Crippen LogP contribution in [0.1, 0.15) is 31.9 Å². The first-order chi connectivity index (χ1) is 8.83. The average molecular weight is 285 g/mol. The Hall–Kier alpha value is -1.68. The lowest BCUT2D eigenvalue weighted by Crippen LogP contribution is -2.24. The Balaban J connectivity index is 2.75. The Bertz CT molecular complexity index is 451. The molecule has 1 aromatic rings. The zero-order valence-electron chi connectivity index (χ0n) is 11.2. The van der Waals surface area contributed by atoms with Crippen molar-refractivity contribution in [3.63, 3.8) is 0 Å². The quantitative estimate of drug-likeness (QED) is 0.467. The maximum atomic E-state index is 11.5. The van der Waals surface area contributed by atoms with Crippen LogP contribution in [0.25, 0.3) is 0 Å². The molecule has 0 radical (unpaired) electrons. The molecule has 1 rings (SSSR count). The van der Waals surface area contributed by atoms with Gasteiger partial charge in [0.1, 0.15) is 11.4 Å². The molecule has 0 saturated carbocycles. The molecule has 0 bridgehead atoms. The molecule has 0 amide bonds. The number of para-hydroxylation sites is 1. The summed E-state index contributed by atoms with van der Waals surface area (Å²) in [5.74, 6) is 0.473. The van der Waals surface area contributed by atoms with Gasteiger partial charge in [-0.05, 0) is 26.8 Å². The van der Waals surface area contributed by atoms with Crippen LogP contribution < -0.4 is 4.74 Å². The van der Waals surface area contributed by atoms with Gasteiger partial charge in [0.25, 0.3) is 0 Å². The highest BCUT2D eigenvalue weighted by atomic mass is 35.5. The smallest absolute Gasteiger partial charge is 0.465 e. The van der Waals surface area contributed by atoms with Gasteiger partial charge in [-0.2, -0.15) is 0 Å². The number of carbonyl (C=O) groups is 1. The topological polar surface area (TPSA) is 44.8 Å². The SMILES string of the molecule is C=COc1ccccc1C(Cl)OC(=O)OC(C)(C)C. The largest absolute Gasteiger partial charge is 0.510 e. The molecule has 1 aromatic carbocycles. The van der Waals surface area contributed by atoms with Gasteiger partial charge in [-0.25, -0.2) is 4.79 Å². The Labute approximate surface area is 117 Å². The summed E-state index contributed by atoms with van der Waals surface area (Å²) >= 11 is 6.03. The maximum absolute atomic E-state index is 11.5. The van der Waals surface area contributed by atoms with E-state index in [1.165, 1.54) is 6.26 Å². The van der Waals surface area contributed by atoms with E-state index in [0.717, 1.165) is 0 Å². The first-order valence-corrected chi connectivity index (χ1v) is 6.17. The molecule has 1 unspecified atom stereocenters. The predicted molar refractivity (Wildman–Crippen MR) is 73.2 cm³/mol. The number of hydrogen-bond acceptors (Lipinski definition) is 4. The minimum atomic E-state index is -0.994. The van der Waals surface area contributed by atoms with Gasteiger partial charge in [0.2, 0.25) is 5.56 Å². The van der Waals surface area contributed by atoms with Crippen molar-refractivity contribution in [3.8, 4) is 5.75 Å². The molecule has 104 valence electrons. The van der Waals surface area contributed by atoms with Crippen molar-refractivity contribution in [2.45, 2.75) is 31.9 Å². The summed E-state index contributed by atoms with van der Waals surface area (Å²) in [5, 5.41) is 0. The lowest BCUT2D eigenvalue weighted by atomic mass is 10.2. The van der Waals surface area contributed by atoms with E-state index in [-0.39, 0.29) is 0 Å². The molecule has 0 N–H and O–H groups in total. The van der Waals surface area contributed by atoms with E-state index in [1.54, 1.807) is 45.0 Å². The lowest BCUT2D eigenvalue weighted by Gasteiger charge is -2.21. The highest BCUT2D eigenvalue weighted by Gasteiger charge is 2.22. The summed E-state index contributed by atoms with van der Waals surface area (Å²) in [5.41, 5.74) is -1.11. The molecule has 0 saturated heterocycles. The molecule has 0 fully saturated rings. The lowest BCUT2D eigenvalue weighted by molar-refractivity contribution is -0.0137. The number of hydrogen-bond donors (Lipinski definition) is 0. The Kier molecular flexibility index (Phi) is 5.24. The molecule has 19 heavy (non-hydrogen) atoms. The Morgan fingerprint density at radius 2 is 2.00 bits per heavy atom. The van der Waals surface area contributed by atoms with E-state index >= 15 is 0 Å². The fourth-order valence-electron chi connectivity index (χ4n) is 1.29. The van der Waals surface area contributed by atoms with Gasteiger partial charge in [0.15, 0.2) is 0 Å². The minimum Gasteiger partial charge on any atom is -0.465 e. The molecule has 0 aliphatic carbocycles. The normalized spacial score (nSPS) is 12.4. The molecule has 0 heterocycles. The third-order valence-electron chi connectivity index (χ3n) is 1.96. The van der Waals surface area contributed by atoms with Crippen LogP contribution in [0, 0.1) is 0 Å². The standard InChI is InChI=1S/C14H17ClO4/c1-5-17-11-9-7-6-8-10(11)12(15)18-13(16)19-14(2,3)4/h5-9,12H,1H2,2-4H3. The van der Waals surface area contributed by atoms with Crippen LogP contribution in [0.2, 0.25) is 0 Å². The van der Waals surface area contributed by atoms with E-state index in [1.807, 2.05) is 0 Å². The second-order valence-corrected chi connectivity index (χ2v) is 5.12. The summed E-state index contributed by atoms with van der Waals surface area (Å²) in [7, 11) is 0. The molecular formula is C14H17ClO4. The van der Waals surface area contributed by atoms with Crippen LogP contribution in [-0.4, -0.2) is 11.8 Å². The zero-order valence-corrected chi connectivity index (χ0v) is 11.9. The first-order valence-electron chi connectivity index (χ1n) is 5.73. The Morgan fingerprint density at radius 1 is 1.37 bits per heavy atom. The minimum absolute atomic E-state index is 0.473. The highest BCUT2D eigenvalue weighted by molar-refractivity contribution is 6.20. The molecule has 0 aliphatic heterocycles. The van der Waals surface area contributed by atoms with Gasteiger partial charge < -0.3 is 14.2 Å². The fraction of sp³-hybridized carbons (Fsp3) is 0.357. The summed E-state index contributed by atoms with van der Waals surface area (Å²) in [4.78, 5) is 11.5. The van der Waals surface area contributed by atoms with Crippen LogP contribution >= 0.6 is 11.6 Å². The predicted octanol–water partition coefficient (Wildman–Crippen LogP) is 4.40.